The van der Waals surface area contributed by atoms with Gasteiger partial charge in [0, 0.05) is 6.04 Å². The Morgan fingerprint density at radius 1 is 1.47 bits per heavy atom. The zero-order valence-electron chi connectivity index (χ0n) is 10.9. The number of hydrogen-bond acceptors (Lipinski definition) is 3. The fraction of sp³-hybridized carbons (Fsp3) is 0.917. The molecular formula is C12H23FN2O2. The molecule has 2 unspecified atom stereocenters. The van der Waals surface area contributed by atoms with Gasteiger partial charge in [0.2, 0.25) is 6.86 Å². The number of alkyl halides is 1. The Morgan fingerprint density at radius 2 is 2.12 bits per heavy atom. The minimum absolute atomic E-state index is 0.00588. The van der Waals surface area contributed by atoms with Crippen molar-refractivity contribution in [2.45, 2.75) is 46.1 Å². The van der Waals surface area contributed by atoms with Crippen molar-refractivity contribution in [1.82, 2.24) is 5.32 Å². The Labute approximate surface area is 102 Å². The molecule has 1 saturated carbocycles. The summed E-state index contributed by atoms with van der Waals surface area (Å²) >= 11 is 0. The number of alkyl carbamates (subject to hydrolysis) is 1. The number of halogens is 1. The van der Waals surface area contributed by atoms with Gasteiger partial charge in [-0.3, -0.25) is 0 Å². The van der Waals surface area contributed by atoms with Crippen LogP contribution in [0.1, 0.15) is 40.0 Å². The van der Waals surface area contributed by atoms with Crippen molar-refractivity contribution >= 4 is 6.09 Å². The van der Waals surface area contributed by atoms with Gasteiger partial charge in [-0.2, -0.15) is 0 Å². The molecule has 1 rings (SSSR count). The molecule has 1 aliphatic carbocycles. The first-order valence-electron chi connectivity index (χ1n) is 6.00. The molecule has 0 heterocycles. The second-order valence-corrected chi connectivity index (χ2v) is 6.15. The molecule has 0 aromatic heterocycles. The Bertz CT molecular complexity index is 284. The average molecular weight is 246 g/mol. The molecule has 5 heteroatoms. The SMILES string of the molecule is CC1(C)CC(NC(=O)OCF)CC(C)(CN)C1. The summed E-state index contributed by atoms with van der Waals surface area (Å²) in [5, 5.41) is 2.71. The number of carbonyl (C=O) groups excluding carboxylic acids is 1. The highest BCUT2D eigenvalue weighted by Gasteiger charge is 2.41. The van der Waals surface area contributed by atoms with E-state index >= 15 is 0 Å². The lowest BCUT2D eigenvalue weighted by Gasteiger charge is -2.46. The van der Waals surface area contributed by atoms with E-state index in [1.54, 1.807) is 0 Å². The standard InChI is InChI=1S/C12H23FN2O2/c1-11(2)4-9(15-10(16)17-8-13)5-12(3,6-11)7-14/h9H,4-8,14H2,1-3H3,(H,15,16). The van der Waals surface area contributed by atoms with E-state index in [0.717, 1.165) is 19.3 Å². The van der Waals surface area contributed by atoms with Crippen molar-refractivity contribution < 1.29 is 13.9 Å². The summed E-state index contributed by atoms with van der Waals surface area (Å²) in [4.78, 5) is 11.2. The van der Waals surface area contributed by atoms with E-state index in [9.17, 15) is 9.18 Å². The molecule has 1 aliphatic rings. The lowest BCUT2D eigenvalue weighted by Crippen LogP contribution is -2.49. The quantitative estimate of drug-likeness (QED) is 0.802. The normalized spacial score (nSPS) is 31.9. The first-order chi connectivity index (χ1) is 7.80. The van der Waals surface area contributed by atoms with Crippen LogP contribution in [-0.4, -0.2) is 25.5 Å². The molecule has 0 aliphatic heterocycles. The van der Waals surface area contributed by atoms with Crippen LogP contribution >= 0.6 is 0 Å². The number of hydrogen-bond donors (Lipinski definition) is 2. The molecule has 0 saturated heterocycles. The number of carbonyl (C=O) groups is 1. The summed E-state index contributed by atoms with van der Waals surface area (Å²) in [6, 6.07) is 0.00588. The zero-order chi connectivity index (χ0) is 13.1. The number of ether oxygens (including phenoxy) is 1. The summed E-state index contributed by atoms with van der Waals surface area (Å²) in [5.74, 6) is 0. The van der Waals surface area contributed by atoms with Crippen LogP contribution in [-0.2, 0) is 4.74 Å². The van der Waals surface area contributed by atoms with Gasteiger partial charge in [-0.1, -0.05) is 20.8 Å². The second kappa shape index (κ2) is 5.21. The maximum Gasteiger partial charge on any atom is 0.409 e. The first kappa shape index (κ1) is 14.2. The first-order valence-corrected chi connectivity index (χ1v) is 6.00. The Hall–Kier alpha value is -0.840. The number of rotatable bonds is 3. The van der Waals surface area contributed by atoms with Gasteiger partial charge in [-0.15, -0.1) is 0 Å². The molecule has 2 atom stereocenters. The molecule has 17 heavy (non-hydrogen) atoms. The van der Waals surface area contributed by atoms with Crippen LogP contribution in [0, 0.1) is 10.8 Å². The molecular weight excluding hydrogens is 223 g/mol. The van der Waals surface area contributed by atoms with E-state index in [4.69, 9.17) is 5.73 Å². The van der Waals surface area contributed by atoms with Gasteiger partial charge >= 0.3 is 6.09 Å². The van der Waals surface area contributed by atoms with Crippen LogP contribution in [0.5, 0.6) is 0 Å². The van der Waals surface area contributed by atoms with E-state index in [1.165, 1.54) is 0 Å². The largest absolute Gasteiger partial charge is 0.418 e. The predicted molar refractivity (Wildman–Crippen MR) is 64.2 cm³/mol. The van der Waals surface area contributed by atoms with E-state index < -0.39 is 13.0 Å². The summed E-state index contributed by atoms with van der Waals surface area (Å²) in [7, 11) is 0. The van der Waals surface area contributed by atoms with E-state index in [2.05, 4.69) is 30.8 Å². The van der Waals surface area contributed by atoms with Gasteiger partial charge in [0.25, 0.3) is 0 Å². The van der Waals surface area contributed by atoms with Gasteiger partial charge in [0.05, 0.1) is 0 Å². The van der Waals surface area contributed by atoms with Crippen LogP contribution in [0.15, 0.2) is 0 Å². The third-order valence-electron chi connectivity index (χ3n) is 3.44. The fourth-order valence-electron chi connectivity index (χ4n) is 3.15. The van der Waals surface area contributed by atoms with Crippen molar-refractivity contribution in [3.8, 4) is 0 Å². The highest BCUT2D eigenvalue weighted by atomic mass is 19.1. The van der Waals surface area contributed by atoms with Crippen LogP contribution in [0.3, 0.4) is 0 Å². The zero-order valence-corrected chi connectivity index (χ0v) is 10.9. The third kappa shape index (κ3) is 4.15. The average Bonchev–Trinajstić information content (AvgIpc) is 2.14. The van der Waals surface area contributed by atoms with E-state index in [-0.39, 0.29) is 16.9 Å². The molecule has 1 amide bonds. The maximum absolute atomic E-state index is 11.9. The van der Waals surface area contributed by atoms with Gasteiger partial charge in [0.1, 0.15) is 0 Å². The lowest BCUT2D eigenvalue weighted by molar-refractivity contribution is 0.0610. The molecule has 100 valence electrons. The summed E-state index contributed by atoms with van der Waals surface area (Å²) in [5.41, 5.74) is 5.95. The minimum Gasteiger partial charge on any atom is -0.418 e. The molecule has 1 fully saturated rings. The van der Waals surface area contributed by atoms with Crippen LogP contribution in [0.25, 0.3) is 0 Å². The molecule has 0 spiro atoms. The van der Waals surface area contributed by atoms with Crippen LogP contribution < -0.4 is 11.1 Å². The summed E-state index contributed by atoms with van der Waals surface area (Å²) in [6.45, 7) is 5.95. The second-order valence-electron chi connectivity index (χ2n) is 6.15. The van der Waals surface area contributed by atoms with Crippen molar-refractivity contribution in [2.75, 3.05) is 13.4 Å². The number of nitrogens with one attached hydrogen (secondary N) is 1. The van der Waals surface area contributed by atoms with Crippen molar-refractivity contribution in [1.29, 1.82) is 0 Å². The molecule has 0 aromatic rings. The van der Waals surface area contributed by atoms with Gasteiger partial charge in [-0.25, -0.2) is 9.18 Å². The maximum atomic E-state index is 11.9. The minimum atomic E-state index is -1.09. The van der Waals surface area contributed by atoms with E-state index in [0.29, 0.717) is 6.54 Å². The van der Waals surface area contributed by atoms with Gasteiger partial charge in [-0.05, 0) is 36.6 Å². The Morgan fingerprint density at radius 3 is 2.65 bits per heavy atom. The van der Waals surface area contributed by atoms with Crippen molar-refractivity contribution in [3.63, 3.8) is 0 Å². The van der Waals surface area contributed by atoms with Gasteiger partial charge in [0.15, 0.2) is 0 Å². The van der Waals surface area contributed by atoms with Crippen LogP contribution in [0.4, 0.5) is 9.18 Å². The predicted octanol–water partition coefficient (Wildman–Crippen LogP) is 2.18. The summed E-state index contributed by atoms with van der Waals surface area (Å²) in [6.07, 6.45) is 2.03. The number of amides is 1. The highest BCUT2D eigenvalue weighted by Crippen LogP contribution is 2.45. The smallest absolute Gasteiger partial charge is 0.409 e. The monoisotopic (exact) mass is 246 g/mol. The van der Waals surface area contributed by atoms with Crippen molar-refractivity contribution in [2.24, 2.45) is 16.6 Å². The van der Waals surface area contributed by atoms with E-state index in [1.807, 2.05) is 0 Å². The molecule has 0 aromatic carbocycles. The highest BCUT2D eigenvalue weighted by molar-refractivity contribution is 5.67. The van der Waals surface area contributed by atoms with Gasteiger partial charge < -0.3 is 15.8 Å². The lowest BCUT2D eigenvalue weighted by atomic mass is 9.63. The Balaban J connectivity index is 2.64. The number of nitrogens with two attached hydrogens (primary N) is 1. The molecule has 3 N–H and O–H groups in total. The topological polar surface area (TPSA) is 64.3 Å². The summed E-state index contributed by atoms with van der Waals surface area (Å²) < 4.78 is 16.1. The molecule has 0 bridgehead atoms. The third-order valence-corrected chi connectivity index (χ3v) is 3.44. The Kier molecular flexibility index (Phi) is 4.36. The van der Waals surface area contributed by atoms with Crippen LogP contribution in [0.2, 0.25) is 0 Å². The molecule has 0 radical (unpaired) electrons. The van der Waals surface area contributed by atoms with Crippen molar-refractivity contribution in [3.05, 3.63) is 0 Å². The fourth-order valence-corrected chi connectivity index (χ4v) is 3.15. The molecule has 4 nitrogen and oxygen atoms in total.